The fourth-order valence-electron chi connectivity index (χ4n) is 2.27. The van der Waals surface area contributed by atoms with Crippen LogP contribution in [0.5, 0.6) is 0 Å². The third kappa shape index (κ3) is 3.65. The fourth-order valence-corrected chi connectivity index (χ4v) is 3.88. The summed E-state index contributed by atoms with van der Waals surface area (Å²) in [5.74, 6) is 0.925. The van der Waals surface area contributed by atoms with Crippen LogP contribution in [-0.2, 0) is 13.6 Å². The quantitative estimate of drug-likeness (QED) is 0.428. The Morgan fingerprint density at radius 2 is 2.05 bits per heavy atom. The monoisotopic (exact) mass is 388 g/mol. The summed E-state index contributed by atoms with van der Waals surface area (Å²) < 4.78 is 3.36. The van der Waals surface area contributed by atoms with Crippen LogP contribution in [-0.4, -0.2) is 30.2 Å². The molecule has 0 amide bonds. The predicted octanol–water partition coefficient (Wildman–Crippen LogP) is 2.49. The highest BCUT2D eigenvalue weighted by Crippen LogP contribution is 2.23. The molecular formula is C14H21BrN4O2S. The van der Waals surface area contributed by atoms with E-state index in [0.717, 1.165) is 48.5 Å². The Balaban J connectivity index is 2.49. The van der Waals surface area contributed by atoms with Gasteiger partial charge in [0.15, 0.2) is 16.3 Å². The first kappa shape index (κ1) is 17.3. The van der Waals surface area contributed by atoms with E-state index in [4.69, 9.17) is 0 Å². The number of fused-ring (bicyclic) bond motifs is 1. The molecule has 2 aromatic heterocycles. The van der Waals surface area contributed by atoms with Gasteiger partial charge in [0.2, 0.25) is 0 Å². The maximum absolute atomic E-state index is 12.2. The van der Waals surface area contributed by atoms with Crippen molar-refractivity contribution in [3.8, 4) is 0 Å². The summed E-state index contributed by atoms with van der Waals surface area (Å²) in [4.78, 5) is 30.8. The number of H-pyrrole nitrogens is 1. The molecule has 0 aliphatic carbocycles. The molecule has 0 unspecified atom stereocenters. The first-order valence-corrected chi connectivity index (χ1v) is 9.59. The highest BCUT2D eigenvalue weighted by molar-refractivity contribution is 9.09. The fraction of sp³-hybridized carbons (Fsp3) is 0.643. The first-order valence-electron chi connectivity index (χ1n) is 7.48. The zero-order chi connectivity index (χ0) is 16.1. The van der Waals surface area contributed by atoms with Crippen molar-refractivity contribution in [2.45, 2.75) is 44.3 Å². The average Bonchev–Trinajstić information content (AvgIpc) is 2.85. The van der Waals surface area contributed by atoms with E-state index in [1.807, 2.05) is 4.57 Å². The smallest absolute Gasteiger partial charge is 0.313 e. The highest BCUT2D eigenvalue weighted by atomic mass is 79.9. The van der Waals surface area contributed by atoms with Crippen LogP contribution in [0.1, 0.15) is 32.6 Å². The topological polar surface area (TPSA) is 72.7 Å². The summed E-state index contributed by atoms with van der Waals surface area (Å²) >= 11 is 5.05. The number of halogens is 1. The van der Waals surface area contributed by atoms with E-state index in [-0.39, 0.29) is 5.56 Å². The Morgan fingerprint density at radius 1 is 1.27 bits per heavy atom. The number of thioether (sulfide) groups is 1. The Bertz CT molecular complexity index is 750. The maximum atomic E-state index is 12.2. The van der Waals surface area contributed by atoms with Gasteiger partial charge in [0, 0.05) is 24.7 Å². The minimum Gasteiger partial charge on any atom is -0.313 e. The molecule has 6 nitrogen and oxygen atoms in total. The van der Waals surface area contributed by atoms with Crippen LogP contribution in [0.3, 0.4) is 0 Å². The van der Waals surface area contributed by atoms with Crippen molar-refractivity contribution in [1.29, 1.82) is 0 Å². The summed E-state index contributed by atoms with van der Waals surface area (Å²) in [7, 11) is 1.64. The van der Waals surface area contributed by atoms with E-state index in [2.05, 4.69) is 32.8 Å². The molecule has 0 aliphatic rings. The van der Waals surface area contributed by atoms with Gasteiger partial charge in [-0.25, -0.2) is 9.78 Å². The summed E-state index contributed by atoms with van der Waals surface area (Å²) in [6, 6.07) is 0. The SMILES string of the molecule is CCCCCn1c(SCCCBr)nc2c1c(=O)[nH]c(=O)n2C. The van der Waals surface area contributed by atoms with Crippen LogP contribution in [0, 0.1) is 0 Å². The molecule has 0 aromatic carbocycles. The minimum absolute atomic E-state index is 0.352. The number of nitrogens with zero attached hydrogens (tertiary/aromatic N) is 3. The van der Waals surface area contributed by atoms with Crippen molar-refractivity contribution in [1.82, 2.24) is 19.1 Å². The molecule has 2 aromatic rings. The zero-order valence-electron chi connectivity index (χ0n) is 12.9. The Hall–Kier alpha value is -1.02. The van der Waals surface area contributed by atoms with Crippen molar-refractivity contribution in [2.75, 3.05) is 11.1 Å². The second-order valence-electron chi connectivity index (χ2n) is 5.13. The van der Waals surface area contributed by atoms with Crippen molar-refractivity contribution in [3.05, 3.63) is 20.8 Å². The third-order valence-corrected chi connectivity index (χ3v) is 5.09. The lowest BCUT2D eigenvalue weighted by Gasteiger charge is -2.07. The number of imidazole rings is 1. The van der Waals surface area contributed by atoms with Crippen molar-refractivity contribution >= 4 is 38.9 Å². The van der Waals surface area contributed by atoms with Crippen LogP contribution < -0.4 is 11.2 Å². The van der Waals surface area contributed by atoms with E-state index in [1.165, 1.54) is 4.57 Å². The van der Waals surface area contributed by atoms with Gasteiger partial charge in [0.25, 0.3) is 5.56 Å². The number of nitrogens with one attached hydrogen (secondary N) is 1. The van der Waals surface area contributed by atoms with Gasteiger partial charge >= 0.3 is 5.69 Å². The van der Waals surface area contributed by atoms with Crippen molar-refractivity contribution in [2.24, 2.45) is 7.05 Å². The molecule has 122 valence electrons. The van der Waals surface area contributed by atoms with Crippen LogP contribution >= 0.6 is 27.7 Å². The molecule has 0 fully saturated rings. The van der Waals surface area contributed by atoms with E-state index in [1.54, 1.807) is 18.8 Å². The molecule has 0 saturated heterocycles. The molecule has 8 heteroatoms. The second kappa shape index (κ2) is 8.01. The van der Waals surface area contributed by atoms with Gasteiger partial charge < -0.3 is 4.57 Å². The average molecular weight is 389 g/mol. The molecular weight excluding hydrogens is 368 g/mol. The maximum Gasteiger partial charge on any atom is 0.329 e. The van der Waals surface area contributed by atoms with Gasteiger partial charge in [0.1, 0.15) is 0 Å². The second-order valence-corrected chi connectivity index (χ2v) is 6.99. The van der Waals surface area contributed by atoms with Crippen molar-refractivity contribution in [3.63, 3.8) is 0 Å². The van der Waals surface area contributed by atoms with Gasteiger partial charge in [-0.05, 0) is 12.8 Å². The third-order valence-electron chi connectivity index (χ3n) is 3.47. The first-order chi connectivity index (χ1) is 10.6. The zero-order valence-corrected chi connectivity index (χ0v) is 15.3. The van der Waals surface area contributed by atoms with Gasteiger partial charge in [-0.1, -0.05) is 47.5 Å². The highest BCUT2D eigenvalue weighted by Gasteiger charge is 2.17. The van der Waals surface area contributed by atoms with E-state index in [9.17, 15) is 9.59 Å². The Morgan fingerprint density at radius 3 is 2.73 bits per heavy atom. The number of rotatable bonds is 8. The molecule has 2 rings (SSSR count). The van der Waals surface area contributed by atoms with Gasteiger partial charge in [-0.3, -0.25) is 14.3 Å². The molecule has 0 saturated carbocycles. The Kier molecular flexibility index (Phi) is 6.31. The number of alkyl halides is 1. The Labute approximate surface area is 141 Å². The molecule has 0 spiro atoms. The summed E-state index contributed by atoms with van der Waals surface area (Å²) in [5.41, 5.74) is 0.188. The van der Waals surface area contributed by atoms with Gasteiger partial charge in [0.05, 0.1) is 0 Å². The van der Waals surface area contributed by atoms with Crippen molar-refractivity contribution < 1.29 is 0 Å². The minimum atomic E-state index is -0.423. The van der Waals surface area contributed by atoms with Crippen LogP contribution in [0.15, 0.2) is 14.7 Å². The van der Waals surface area contributed by atoms with Crippen LogP contribution in [0.4, 0.5) is 0 Å². The number of hydrogen-bond acceptors (Lipinski definition) is 4. The predicted molar refractivity (Wildman–Crippen MR) is 94.3 cm³/mol. The molecule has 22 heavy (non-hydrogen) atoms. The molecule has 1 N–H and O–H groups in total. The number of aromatic amines is 1. The lowest BCUT2D eigenvalue weighted by Crippen LogP contribution is -2.29. The number of aryl methyl sites for hydroxylation is 2. The summed E-state index contributed by atoms with van der Waals surface area (Å²) in [5, 5.41) is 1.76. The largest absolute Gasteiger partial charge is 0.329 e. The molecule has 0 bridgehead atoms. The van der Waals surface area contributed by atoms with E-state index < -0.39 is 5.69 Å². The lowest BCUT2D eigenvalue weighted by atomic mass is 10.2. The van der Waals surface area contributed by atoms with Crippen LogP contribution in [0.2, 0.25) is 0 Å². The van der Waals surface area contributed by atoms with E-state index >= 15 is 0 Å². The van der Waals surface area contributed by atoms with Gasteiger partial charge in [-0.2, -0.15) is 0 Å². The molecule has 0 aliphatic heterocycles. The standard InChI is InChI=1S/C14H21BrN4O2S/c1-3-4-5-8-19-10-11(16-14(19)22-9-6-7-15)18(2)13(21)17-12(10)20/h3-9H2,1-2H3,(H,17,20,21). The normalized spacial score (nSPS) is 11.4. The summed E-state index contributed by atoms with van der Waals surface area (Å²) in [6.45, 7) is 2.90. The molecule has 0 atom stereocenters. The van der Waals surface area contributed by atoms with E-state index in [0.29, 0.717) is 11.2 Å². The molecule has 0 radical (unpaired) electrons. The number of unbranched alkanes of at least 4 members (excludes halogenated alkanes) is 2. The number of aromatic nitrogens is 4. The van der Waals surface area contributed by atoms with Crippen LogP contribution in [0.25, 0.3) is 11.2 Å². The number of hydrogen-bond donors (Lipinski definition) is 1. The summed E-state index contributed by atoms with van der Waals surface area (Å²) in [6.07, 6.45) is 4.25. The lowest BCUT2D eigenvalue weighted by molar-refractivity contribution is 0.577. The molecule has 2 heterocycles. The van der Waals surface area contributed by atoms with Gasteiger partial charge in [-0.15, -0.1) is 0 Å².